The van der Waals surface area contributed by atoms with E-state index in [0.717, 1.165) is 23.8 Å². The Labute approximate surface area is 56.0 Å². The van der Waals surface area contributed by atoms with Gasteiger partial charge in [0.1, 0.15) is 0 Å². The van der Waals surface area contributed by atoms with Crippen LogP contribution in [0.1, 0.15) is 12.8 Å². The lowest BCUT2D eigenvalue weighted by Crippen LogP contribution is -2.19. The number of hydrogen-bond donors (Lipinski definition) is 0. The van der Waals surface area contributed by atoms with Gasteiger partial charge in [-0.2, -0.15) is 0 Å². The number of hydrogen-bond acceptors (Lipinski definition) is 1. The second-order valence-corrected chi connectivity index (χ2v) is 4.01. The van der Waals surface area contributed by atoms with E-state index in [1.165, 1.54) is 13.0 Å². The number of rotatable bonds is 0. The summed E-state index contributed by atoms with van der Waals surface area (Å²) < 4.78 is 0. The van der Waals surface area contributed by atoms with Gasteiger partial charge in [-0.15, -0.1) is 0 Å². The summed E-state index contributed by atoms with van der Waals surface area (Å²) in [5.41, 5.74) is 0. The number of likely N-dealkylation sites (tertiary alicyclic amines) is 1. The summed E-state index contributed by atoms with van der Waals surface area (Å²) in [5.74, 6) is 3.42. The first kappa shape index (κ1) is 4.73. The zero-order valence-electron chi connectivity index (χ0n) is 5.88. The molecule has 3 aliphatic rings. The standard InChI is InChI=1S/C8H13N/c1-9-4-5-2-3-6-7(5)8(6)9/h5-8H,2-4H2,1H3. The predicted octanol–water partition coefficient (Wildman–Crippen LogP) is 0.956. The van der Waals surface area contributed by atoms with E-state index in [9.17, 15) is 0 Å². The SMILES string of the molecule is CN1CC2CCC3C2C31. The van der Waals surface area contributed by atoms with Gasteiger partial charge in [0.25, 0.3) is 0 Å². The average Bonchev–Trinajstić information content (AvgIpc) is 2.34. The first-order chi connectivity index (χ1) is 4.38. The van der Waals surface area contributed by atoms with Crippen molar-refractivity contribution in [2.24, 2.45) is 17.8 Å². The van der Waals surface area contributed by atoms with E-state index >= 15 is 0 Å². The van der Waals surface area contributed by atoms with Crippen molar-refractivity contribution in [1.29, 1.82) is 0 Å². The van der Waals surface area contributed by atoms with Gasteiger partial charge in [-0.1, -0.05) is 0 Å². The average molecular weight is 123 g/mol. The van der Waals surface area contributed by atoms with Crippen LogP contribution in [0.3, 0.4) is 0 Å². The molecule has 0 spiro atoms. The molecule has 0 N–H and O–H groups in total. The fourth-order valence-corrected chi connectivity index (χ4v) is 3.30. The minimum absolute atomic E-state index is 1.05. The Morgan fingerprint density at radius 3 is 2.78 bits per heavy atom. The van der Waals surface area contributed by atoms with Crippen LogP contribution >= 0.6 is 0 Å². The van der Waals surface area contributed by atoms with Crippen molar-refractivity contribution < 1.29 is 0 Å². The Bertz CT molecular complexity index is 145. The lowest BCUT2D eigenvalue weighted by atomic mass is 10.1. The fourth-order valence-electron chi connectivity index (χ4n) is 3.30. The molecular formula is C8H13N. The van der Waals surface area contributed by atoms with Gasteiger partial charge in [0.05, 0.1) is 0 Å². The molecule has 1 nitrogen and oxygen atoms in total. The van der Waals surface area contributed by atoms with Gasteiger partial charge in [-0.05, 0) is 37.6 Å². The molecule has 4 atom stereocenters. The summed E-state index contributed by atoms with van der Waals surface area (Å²) in [6.45, 7) is 1.41. The lowest BCUT2D eigenvalue weighted by Gasteiger charge is -2.10. The first-order valence-corrected chi connectivity index (χ1v) is 4.08. The molecule has 0 aromatic carbocycles. The Balaban J connectivity index is 1.97. The van der Waals surface area contributed by atoms with Gasteiger partial charge < -0.3 is 4.90 Å². The largest absolute Gasteiger partial charge is 0.303 e. The Hall–Kier alpha value is -0.0400. The van der Waals surface area contributed by atoms with E-state index in [2.05, 4.69) is 11.9 Å². The molecule has 0 radical (unpaired) electrons. The lowest BCUT2D eigenvalue weighted by molar-refractivity contribution is 0.336. The highest BCUT2D eigenvalue weighted by Gasteiger charge is 2.63. The van der Waals surface area contributed by atoms with Gasteiger partial charge in [0, 0.05) is 12.6 Å². The van der Waals surface area contributed by atoms with Crippen LogP contribution in [0, 0.1) is 17.8 Å². The predicted molar refractivity (Wildman–Crippen MR) is 36.1 cm³/mol. The molecule has 0 aromatic heterocycles. The molecular weight excluding hydrogens is 110 g/mol. The maximum Gasteiger partial charge on any atom is 0.0158 e. The van der Waals surface area contributed by atoms with Gasteiger partial charge in [0.15, 0.2) is 0 Å². The molecule has 2 saturated carbocycles. The fraction of sp³-hybridized carbons (Fsp3) is 1.00. The molecule has 1 heteroatoms. The molecule has 1 aliphatic heterocycles. The van der Waals surface area contributed by atoms with Crippen LogP contribution in [0.2, 0.25) is 0 Å². The minimum Gasteiger partial charge on any atom is -0.303 e. The minimum atomic E-state index is 1.05. The molecule has 0 bridgehead atoms. The molecule has 3 rings (SSSR count). The third kappa shape index (κ3) is 0.389. The maximum atomic E-state index is 2.58. The van der Waals surface area contributed by atoms with Crippen molar-refractivity contribution in [3.8, 4) is 0 Å². The van der Waals surface area contributed by atoms with E-state index in [1.54, 1.807) is 6.42 Å². The maximum absolute atomic E-state index is 2.58. The van der Waals surface area contributed by atoms with Crippen molar-refractivity contribution in [3.63, 3.8) is 0 Å². The summed E-state index contributed by atoms with van der Waals surface area (Å²) in [7, 11) is 2.29. The van der Waals surface area contributed by atoms with Gasteiger partial charge >= 0.3 is 0 Å². The van der Waals surface area contributed by atoms with Crippen LogP contribution in [-0.4, -0.2) is 24.5 Å². The Kier molecular flexibility index (Phi) is 0.628. The van der Waals surface area contributed by atoms with Gasteiger partial charge in [-0.3, -0.25) is 0 Å². The molecule has 9 heavy (non-hydrogen) atoms. The van der Waals surface area contributed by atoms with Gasteiger partial charge in [0.2, 0.25) is 0 Å². The molecule has 1 saturated heterocycles. The van der Waals surface area contributed by atoms with Crippen molar-refractivity contribution in [3.05, 3.63) is 0 Å². The van der Waals surface area contributed by atoms with Crippen molar-refractivity contribution in [2.75, 3.05) is 13.6 Å². The highest BCUT2D eigenvalue weighted by Crippen LogP contribution is 2.62. The molecule has 50 valence electrons. The van der Waals surface area contributed by atoms with Crippen LogP contribution in [0.15, 0.2) is 0 Å². The third-order valence-electron chi connectivity index (χ3n) is 3.63. The van der Waals surface area contributed by atoms with Crippen LogP contribution in [-0.2, 0) is 0 Å². The summed E-state index contributed by atoms with van der Waals surface area (Å²) in [5, 5.41) is 0. The number of piperidine rings is 1. The highest BCUT2D eigenvalue weighted by molar-refractivity contribution is 5.15. The smallest absolute Gasteiger partial charge is 0.0158 e. The molecule has 0 aromatic rings. The van der Waals surface area contributed by atoms with Crippen LogP contribution in [0.25, 0.3) is 0 Å². The quantitative estimate of drug-likeness (QED) is 0.463. The molecule has 3 fully saturated rings. The van der Waals surface area contributed by atoms with E-state index in [-0.39, 0.29) is 0 Å². The van der Waals surface area contributed by atoms with Gasteiger partial charge in [-0.25, -0.2) is 0 Å². The van der Waals surface area contributed by atoms with Crippen LogP contribution in [0.4, 0.5) is 0 Å². The summed E-state index contributed by atoms with van der Waals surface area (Å²) >= 11 is 0. The van der Waals surface area contributed by atoms with E-state index in [0.29, 0.717) is 0 Å². The van der Waals surface area contributed by atoms with Crippen LogP contribution < -0.4 is 0 Å². The number of nitrogens with zero attached hydrogens (tertiary/aromatic N) is 1. The topological polar surface area (TPSA) is 3.24 Å². The zero-order valence-corrected chi connectivity index (χ0v) is 5.88. The normalized spacial score (nSPS) is 62.3. The monoisotopic (exact) mass is 123 g/mol. The summed E-state index contributed by atoms with van der Waals surface area (Å²) in [4.78, 5) is 2.58. The first-order valence-electron chi connectivity index (χ1n) is 4.08. The molecule has 0 amide bonds. The number of fused-ring (bicyclic) bond motifs is 1. The summed E-state index contributed by atoms with van der Waals surface area (Å²) in [6.07, 6.45) is 3.08. The zero-order chi connectivity index (χ0) is 6.01. The van der Waals surface area contributed by atoms with Crippen LogP contribution in [0.5, 0.6) is 0 Å². The second-order valence-electron chi connectivity index (χ2n) is 4.01. The van der Waals surface area contributed by atoms with E-state index in [1.807, 2.05) is 0 Å². The third-order valence-corrected chi connectivity index (χ3v) is 3.63. The Morgan fingerprint density at radius 2 is 2.22 bits per heavy atom. The Morgan fingerprint density at radius 1 is 1.33 bits per heavy atom. The second kappa shape index (κ2) is 1.20. The van der Waals surface area contributed by atoms with Crippen molar-refractivity contribution >= 4 is 0 Å². The molecule has 4 unspecified atom stereocenters. The summed E-state index contributed by atoms with van der Waals surface area (Å²) in [6, 6.07) is 1.05. The van der Waals surface area contributed by atoms with E-state index < -0.39 is 0 Å². The van der Waals surface area contributed by atoms with E-state index in [4.69, 9.17) is 0 Å². The molecule has 1 heterocycles. The van der Waals surface area contributed by atoms with Crippen molar-refractivity contribution in [2.45, 2.75) is 18.9 Å². The van der Waals surface area contributed by atoms with Crippen molar-refractivity contribution in [1.82, 2.24) is 4.90 Å². The molecule has 2 aliphatic carbocycles. The highest BCUT2D eigenvalue weighted by atomic mass is 15.2.